The number of fused-ring (bicyclic) bond motifs is 3. The first-order valence-electron chi connectivity index (χ1n) is 19.9. The molecule has 368 valence electrons. The summed E-state index contributed by atoms with van der Waals surface area (Å²) in [6.45, 7) is 3.28. The first-order chi connectivity index (χ1) is 32.7. The first kappa shape index (κ1) is 56.8. The molecule has 1 aliphatic rings. The fourth-order valence-electron chi connectivity index (χ4n) is 7.03. The molecule has 70 heavy (non-hydrogen) atoms. The molecule has 7 aromatic rings. The van der Waals surface area contributed by atoms with Crippen LogP contribution in [0.15, 0.2) is 59.6 Å². The van der Waals surface area contributed by atoms with Crippen molar-refractivity contribution in [2.24, 2.45) is 0 Å². The van der Waals surface area contributed by atoms with Crippen LogP contribution in [0.5, 0.6) is 0 Å². The van der Waals surface area contributed by atoms with E-state index in [1.807, 2.05) is 0 Å². The van der Waals surface area contributed by atoms with Gasteiger partial charge in [-0.05, 0) is 46.3 Å². The lowest BCUT2D eigenvalue weighted by Crippen LogP contribution is -2.43. The number of pyridine rings is 4. The number of aliphatic carboxylic acids is 1. The van der Waals surface area contributed by atoms with Gasteiger partial charge in [0.25, 0.3) is 0 Å². The molecule has 20 nitrogen and oxygen atoms in total. The van der Waals surface area contributed by atoms with Crippen molar-refractivity contribution in [3.05, 3.63) is 97.8 Å². The Morgan fingerprint density at radius 2 is 1.17 bits per heavy atom. The number of rotatable bonds is 12. The summed E-state index contributed by atoms with van der Waals surface area (Å²) in [5, 5.41) is 23.3. The Balaban J connectivity index is 0.000000240. The number of carboxylic acid groups (broad SMARTS) is 1. The molecule has 7 aromatic heterocycles. The number of methoxy groups -OCH3 is 1. The number of alkyl halides is 1. The number of carbonyl (C=O) groups excluding carboxylic acids is 6. The quantitative estimate of drug-likeness (QED) is 0.0819. The maximum absolute atomic E-state index is 14.2. The number of esters is 1. The Hall–Kier alpha value is -5.83. The number of amides is 1. The van der Waals surface area contributed by atoms with Crippen LogP contribution in [-0.4, -0.2) is 126 Å². The highest BCUT2D eigenvalue weighted by atomic mass is 79.9. The van der Waals surface area contributed by atoms with E-state index in [0.717, 1.165) is 0 Å². The third-order valence-corrected chi connectivity index (χ3v) is 11.0. The summed E-state index contributed by atoms with van der Waals surface area (Å²) >= 11 is 28.1. The Labute approximate surface area is 436 Å². The molecule has 8 rings (SSSR count). The third-order valence-electron chi connectivity index (χ3n) is 9.96. The Morgan fingerprint density at radius 3 is 1.57 bits per heavy atom. The molecular weight excluding hydrogens is 1100 g/mol. The summed E-state index contributed by atoms with van der Waals surface area (Å²) in [7, 11) is 1.29. The third kappa shape index (κ3) is 13.9. The maximum atomic E-state index is 14.2. The van der Waals surface area contributed by atoms with Crippen LogP contribution in [0.4, 0.5) is 4.39 Å². The minimum absolute atomic E-state index is 0. The minimum Gasteiger partial charge on any atom is -0.480 e. The fraction of sp³-hybridized carbons (Fsp3) is 0.286. The van der Waals surface area contributed by atoms with Crippen molar-refractivity contribution in [3.8, 4) is 0 Å². The number of Topliss-reactive ketones (excluding diaryl/α,β-unsaturated/α-hetero) is 4. The maximum Gasteiger partial charge on any atom is 0.327 e. The second kappa shape index (κ2) is 25.3. The van der Waals surface area contributed by atoms with Gasteiger partial charge in [-0.3, -0.25) is 47.6 Å². The highest BCUT2D eigenvalue weighted by molar-refractivity contribution is 9.10. The van der Waals surface area contributed by atoms with Crippen LogP contribution in [0.1, 0.15) is 64.4 Å². The summed E-state index contributed by atoms with van der Waals surface area (Å²) in [5.41, 5.74) is 2.65. The SMILES string of the molecule is CC(=O)c1nn(CC(=O)N2C[C@H](F)C[C@H]2C(=O)Cc2cccc(Br)n2)c2cnc(Cl)cc12.CC(=O)c1nn(CC(=O)O)c2cnc(Cl)cc12.COC(=O)Cn1nc(C(C)=O)c2cc(Cl)ncc21.S.S=S. The molecule has 1 aliphatic heterocycles. The first-order valence-corrected chi connectivity index (χ1v) is 23.1. The molecule has 1 saturated heterocycles. The second-order valence-corrected chi connectivity index (χ2v) is 16.7. The number of hydrogen-bond donors (Lipinski definition) is 1. The largest absolute Gasteiger partial charge is 0.480 e. The van der Waals surface area contributed by atoms with Gasteiger partial charge in [0.2, 0.25) is 5.91 Å². The lowest BCUT2D eigenvalue weighted by atomic mass is 10.0. The summed E-state index contributed by atoms with van der Waals surface area (Å²) in [6, 6.07) is 8.86. The van der Waals surface area contributed by atoms with Gasteiger partial charge in [-0.2, -0.15) is 28.8 Å². The van der Waals surface area contributed by atoms with Crippen molar-refractivity contribution in [2.45, 2.75) is 65.5 Å². The van der Waals surface area contributed by atoms with Gasteiger partial charge in [0, 0.05) is 71.4 Å². The van der Waals surface area contributed by atoms with E-state index in [1.54, 1.807) is 24.3 Å². The minimum atomic E-state index is -1.30. The average molecular weight is 1140 g/mol. The van der Waals surface area contributed by atoms with Crippen LogP contribution in [0, 0.1) is 0 Å². The number of halogens is 5. The highest BCUT2D eigenvalue weighted by Gasteiger charge is 2.40. The molecule has 8 heterocycles. The predicted molar refractivity (Wildman–Crippen MR) is 268 cm³/mol. The number of likely N-dealkylation sites (tertiary alicyclic amines) is 1. The lowest BCUT2D eigenvalue weighted by Gasteiger charge is -2.23. The van der Waals surface area contributed by atoms with E-state index < -0.39 is 30.1 Å². The van der Waals surface area contributed by atoms with Gasteiger partial charge < -0.3 is 14.7 Å². The van der Waals surface area contributed by atoms with Crippen LogP contribution >= 0.6 is 64.2 Å². The molecule has 0 radical (unpaired) electrons. The highest BCUT2D eigenvalue weighted by Crippen LogP contribution is 2.27. The van der Waals surface area contributed by atoms with Gasteiger partial charge in [0.05, 0.1) is 61.3 Å². The molecular formula is C42H38BrCl3FN11O9S3. The number of nitrogens with zero attached hydrogens (tertiary/aromatic N) is 11. The van der Waals surface area contributed by atoms with Gasteiger partial charge in [-0.15, -0.1) is 0 Å². The normalized spacial score (nSPS) is 13.8. The van der Waals surface area contributed by atoms with E-state index in [9.17, 15) is 38.0 Å². The van der Waals surface area contributed by atoms with E-state index >= 15 is 0 Å². The van der Waals surface area contributed by atoms with Crippen molar-refractivity contribution >= 4 is 160 Å². The van der Waals surface area contributed by atoms with Gasteiger partial charge in [-0.25, -0.2) is 24.3 Å². The number of carbonyl (C=O) groups is 7. The molecule has 0 unspecified atom stereocenters. The van der Waals surface area contributed by atoms with Crippen molar-refractivity contribution in [2.75, 3.05) is 13.7 Å². The molecule has 0 aromatic carbocycles. The van der Waals surface area contributed by atoms with Crippen LogP contribution in [-0.2, 0) is 72.3 Å². The van der Waals surface area contributed by atoms with E-state index in [-0.39, 0.29) is 108 Å². The van der Waals surface area contributed by atoms with E-state index in [2.05, 4.69) is 78.3 Å². The van der Waals surface area contributed by atoms with Crippen LogP contribution in [0.3, 0.4) is 0 Å². The van der Waals surface area contributed by atoms with E-state index in [4.69, 9.17) is 39.9 Å². The van der Waals surface area contributed by atoms with Crippen LogP contribution in [0.25, 0.3) is 32.7 Å². The van der Waals surface area contributed by atoms with Crippen LogP contribution in [0.2, 0.25) is 15.5 Å². The molecule has 2 atom stereocenters. The van der Waals surface area contributed by atoms with Crippen LogP contribution < -0.4 is 0 Å². The monoisotopic (exact) mass is 1140 g/mol. The van der Waals surface area contributed by atoms with Crippen molar-refractivity contribution in [1.82, 2.24) is 54.2 Å². The summed E-state index contributed by atoms with van der Waals surface area (Å²) in [4.78, 5) is 99.9. The zero-order valence-corrected chi connectivity index (χ0v) is 43.4. The molecule has 1 amide bonds. The molecule has 1 fully saturated rings. The number of carboxylic acids is 1. The molecule has 0 aliphatic carbocycles. The smallest absolute Gasteiger partial charge is 0.327 e. The van der Waals surface area contributed by atoms with Gasteiger partial charge >= 0.3 is 11.9 Å². The molecule has 28 heteroatoms. The number of aromatic nitrogens is 10. The number of ether oxygens (including phenoxy) is 1. The van der Waals surface area contributed by atoms with Crippen molar-refractivity contribution in [3.63, 3.8) is 0 Å². The number of hydrogen-bond acceptors (Lipinski definition) is 17. The molecule has 0 saturated carbocycles. The van der Waals surface area contributed by atoms with Gasteiger partial charge in [0.1, 0.15) is 63.0 Å². The molecule has 1 N–H and O–H groups in total. The fourth-order valence-corrected chi connectivity index (χ4v) is 7.88. The Kier molecular flexibility index (Phi) is 20.5. The van der Waals surface area contributed by atoms with Gasteiger partial charge in [0.15, 0.2) is 23.1 Å². The topological polar surface area (TPSA) is 257 Å². The average Bonchev–Trinajstić information content (AvgIpc) is 4.06. The van der Waals surface area contributed by atoms with E-state index in [0.29, 0.717) is 43.0 Å². The summed E-state index contributed by atoms with van der Waals surface area (Å²) in [6.07, 6.45) is 2.93. The second-order valence-electron chi connectivity index (χ2n) is 14.7. The molecule has 0 spiro atoms. The lowest BCUT2D eigenvalue weighted by molar-refractivity contribution is -0.141. The van der Waals surface area contributed by atoms with Gasteiger partial charge in [-0.1, -0.05) is 40.9 Å². The summed E-state index contributed by atoms with van der Waals surface area (Å²) in [5.74, 6) is -2.99. The Morgan fingerprint density at radius 1 is 0.743 bits per heavy atom. The van der Waals surface area contributed by atoms with E-state index in [1.165, 1.54) is 77.5 Å². The molecule has 0 bridgehead atoms. The zero-order chi connectivity index (χ0) is 50.9. The predicted octanol–water partition coefficient (Wildman–Crippen LogP) is 6.14. The zero-order valence-electron chi connectivity index (χ0n) is 36.9. The number of ketones is 4. The standard InChI is InChI=1S/C21H18BrClFN5O3.C11H10ClN3O3.C10H8ClN3O3.S2.H2S/c1-11(30)21-14-7-19(23)25-8-16(14)29(27-21)10-20(32)28-9-12(24)5-15(28)17(31)6-13-3-2-4-18(22)26-13;1-6(16)11-7-3-9(12)13-4-8(7)15(14-11)5-10(17)18-2;1-5(15)10-6-2-8(11)12-3-7(6)14(13-10)4-9(16)17;1-2;/h2-4,7-8,12,15H,5-6,9-10H2,1H3;3-4H,5H2,1-2H3;2-3H,4H2,1H3,(H,16,17);;1H2/t12-,15+;;;;/m1..../s1. The van der Waals surface area contributed by atoms with Crippen molar-refractivity contribution < 1.29 is 47.8 Å². The summed E-state index contributed by atoms with van der Waals surface area (Å²) < 4.78 is 23.3. The van der Waals surface area contributed by atoms with Crippen molar-refractivity contribution in [1.29, 1.82) is 0 Å². The Bertz CT molecular complexity index is 3160.